The maximum absolute atomic E-state index is 11.0. The van der Waals surface area contributed by atoms with Crippen LogP contribution in [0.15, 0.2) is 24.3 Å². The molecule has 12 heavy (non-hydrogen) atoms. The van der Waals surface area contributed by atoms with E-state index in [9.17, 15) is 4.79 Å². The lowest BCUT2D eigenvalue weighted by molar-refractivity contribution is 0.0600. The molecule has 1 aromatic rings. The van der Waals surface area contributed by atoms with Crippen LogP contribution in [0.5, 0.6) is 0 Å². The van der Waals surface area contributed by atoms with Gasteiger partial charge in [0.1, 0.15) is 0 Å². The Morgan fingerprint density at radius 1 is 1.58 bits per heavy atom. The number of benzene rings is 1. The van der Waals surface area contributed by atoms with E-state index in [2.05, 4.69) is 4.74 Å². The van der Waals surface area contributed by atoms with E-state index in [0.717, 1.165) is 5.56 Å². The summed E-state index contributed by atoms with van der Waals surface area (Å²) < 4.78 is 4.54. The molecule has 0 saturated heterocycles. The van der Waals surface area contributed by atoms with Crippen molar-refractivity contribution in [3.8, 4) is 0 Å². The zero-order chi connectivity index (χ0) is 8.97. The van der Waals surface area contributed by atoms with Gasteiger partial charge in [-0.2, -0.15) is 0 Å². The fourth-order valence-electron chi connectivity index (χ4n) is 0.887. The van der Waals surface area contributed by atoms with Crippen molar-refractivity contribution in [1.29, 1.82) is 0 Å². The topological polar surface area (TPSA) is 26.3 Å². The first kappa shape index (κ1) is 8.53. The predicted octanol–water partition coefficient (Wildman–Crippen LogP) is 1.92. The minimum atomic E-state index is -0.348. The third kappa shape index (κ3) is 1.72. The molecule has 0 aromatic heterocycles. The molecule has 0 fully saturated rings. The fraction of sp³-hybridized carbons (Fsp3) is 0.100. The second kappa shape index (κ2) is 3.72. The lowest BCUT2D eigenvalue weighted by atomic mass is 10.1. The first-order valence-corrected chi connectivity index (χ1v) is 3.51. The van der Waals surface area contributed by atoms with Crippen molar-refractivity contribution >= 4 is 12.0 Å². The van der Waals surface area contributed by atoms with Gasteiger partial charge in [-0.1, -0.05) is 24.8 Å². The molecule has 2 nitrogen and oxygen atoms in total. The van der Waals surface area contributed by atoms with E-state index in [-0.39, 0.29) is 5.97 Å². The van der Waals surface area contributed by atoms with Crippen LogP contribution >= 0.6 is 0 Å². The monoisotopic (exact) mass is 161 g/mol. The summed E-state index contributed by atoms with van der Waals surface area (Å²) in [5.41, 5.74) is 1.31. The number of rotatable bonds is 2. The van der Waals surface area contributed by atoms with Gasteiger partial charge in [-0.05, 0) is 17.7 Å². The Hall–Kier alpha value is -1.57. The molecule has 0 heterocycles. The summed E-state index contributed by atoms with van der Waals surface area (Å²) in [4.78, 5) is 11.0. The molecule has 0 saturated carbocycles. The number of methoxy groups -OCH3 is 1. The molecule has 0 unspecified atom stereocenters. The second-order valence-corrected chi connectivity index (χ2v) is 2.28. The average molecular weight is 161 g/mol. The van der Waals surface area contributed by atoms with Crippen LogP contribution in [0.1, 0.15) is 15.9 Å². The molecular formula is C10H9O2. The molecule has 0 aliphatic rings. The number of hydrogen-bond acceptors (Lipinski definition) is 2. The Bertz CT molecular complexity index is 302. The van der Waals surface area contributed by atoms with Gasteiger partial charge in [0.05, 0.1) is 12.7 Å². The standard InChI is InChI=1S/C10H9O2/c1-3-8-5-4-6-9(7-8)10(11)12-2/h1,3-7H,2H3. The zero-order valence-electron chi connectivity index (χ0n) is 6.78. The molecule has 1 rings (SSSR count). The third-order valence-corrected chi connectivity index (χ3v) is 1.50. The summed E-state index contributed by atoms with van der Waals surface area (Å²) in [5, 5.41) is 0. The second-order valence-electron chi connectivity index (χ2n) is 2.28. The van der Waals surface area contributed by atoms with Gasteiger partial charge >= 0.3 is 5.97 Å². The largest absolute Gasteiger partial charge is 0.465 e. The van der Waals surface area contributed by atoms with Gasteiger partial charge in [0.15, 0.2) is 0 Å². The van der Waals surface area contributed by atoms with Crippen molar-refractivity contribution in [1.82, 2.24) is 0 Å². The van der Waals surface area contributed by atoms with Crippen molar-refractivity contribution in [3.63, 3.8) is 0 Å². The molecule has 61 valence electrons. The van der Waals surface area contributed by atoms with Gasteiger partial charge in [-0.3, -0.25) is 0 Å². The van der Waals surface area contributed by atoms with E-state index in [1.165, 1.54) is 13.2 Å². The van der Waals surface area contributed by atoms with Crippen LogP contribution in [-0.4, -0.2) is 13.1 Å². The fourth-order valence-corrected chi connectivity index (χ4v) is 0.887. The molecule has 0 aliphatic carbocycles. The van der Waals surface area contributed by atoms with Crippen LogP contribution in [0.4, 0.5) is 0 Å². The van der Waals surface area contributed by atoms with Crippen molar-refractivity contribution in [3.05, 3.63) is 42.0 Å². The zero-order valence-corrected chi connectivity index (χ0v) is 6.78. The molecule has 0 spiro atoms. The van der Waals surface area contributed by atoms with Crippen molar-refractivity contribution in [2.45, 2.75) is 0 Å². The number of hydrogen-bond donors (Lipinski definition) is 0. The molecule has 0 atom stereocenters. The molecule has 1 aromatic carbocycles. The van der Waals surface area contributed by atoms with Gasteiger partial charge in [-0.15, -0.1) is 0 Å². The first-order chi connectivity index (χ1) is 5.77. The summed E-state index contributed by atoms with van der Waals surface area (Å²) in [7, 11) is 1.35. The maximum Gasteiger partial charge on any atom is 0.337 e. The highest BCUT2D eigenvalue weighted by Crippen LogP contribution is 2.06. The summed E-state index contributed by atoms with van der Waals surface area (Å²) in [6, 6.07) is 6.92. The molecular weight excluding hydrogens is 152 g/mol. The highest BCUT2D eigenvalue weighted by atomic mass is 16.5. The smallest absolute Gasteiger partial charge is 0.337 e. The van der Waals surface area contributed by atoms with Crippen LogP contribution in [0.3, 0.4) is 0 Å². The normalized spacial score (nSPS) is 9.08. The molecule has 0 amide bonds. The Morgan fingerprint density at radius 2 is 2.33 bits per heavy atom. The van der Waals surface area contributed by atoms with Crippen molar-refractivity contribution in [2.24, 2.45) is 0 Å². The molecule has 1 radical (unpaired) electrons. The van der Waals surface area contributed by atoms with E-state index in [4.69, 9.17) is 6.58 Å². The summed E-state index contributed by atoms with van der Waals surface area (Å²) in [5.74, 6) is -0.348. The number of carbonyl (C=O) groups is 1. The Balaban J connectivity index is 3.01. The van der Waals surface area contributed by atoms with Crippen LogP contribution in [0, 0.1) is 6.58 Å². The van der Waals surface area contributed by atoms with Crippen LogP contribution < -0.4 is 0 Å². The molecule has 2 heteroatoms. The van der Waals surface area contributed by atoms with E-state index >= 15 is 0 Å². The third-order valence-electron chi connectivity index (χ3n) is 1.50. The lowest BCUT2D eigenvalue weighted by Crippen LogP contribution is -2.00. The SMILES string of the molecule is [CH]=Cc1cccc(C(=O)OC)c1. The Labute approximate surface area is 71.5 Å². The van der Waals surface area contributed by atoms with E-state index < -0.39 is 0 Å². The predicted molar refractivity (Wildman–Crippen MR) is 46.5 cm³/mol. The first-order valence-electron chi connectivity index (χ1n) is 3.51. The lowest BCUT2D eigenvalue weighted by Gasteiger charge is -1.99. The van der Waals surface area contributed by atoms with Gasteiger partial charge < -0.3 is 4.74 Å². The average Bonchev–Trinajstić information content (AvgIpc) is 2.17. The van der Waals surface area contributed by atoms with Gasteiger partial charge in [0.2, 0.25) is 0 Å². The van der Waals surface area contributed by atoms with Crippen molar-refractivity contribution < 1.29 is 9.53 Å². The highest BCUT2D eigenvalue weighted by molar-refractivity contribution is 5.89. The van der Waals surface area contributed by atoms with E-state index in [1.807, 2.05) is 6.07 Å². The van der Waals surface area contributed by atoms with E-state index in [0.29, 0.717) is 5.56 Å². The Morgan fingerprint density at radius 3 is 2.92 bits per heavy atom. The van der Waals surface area contributed by atoms with Gasteiger partial charge in [-0.25, -0.2) is 4.79 Å². The summed E-state index contributed by atoms with van der Waals surface area (Å²) >= 11 is 0. The highest BCUT2D eigenvalue weighted by Gasteiger charge is 2.03. The summed E-state index contributed by atoms with van der Waals surface area (Å²) in [6.45, 7) is 5.28. The number of esters is 1. The van der Waals surface area contributed by atoms with Crippen LogP contribution in [-0.2, 0) is 4.74 Å². The van der Waals surface area contributed by atoms with Crippen LogP contribution in [0.2, 0.25) is 0 Å². The van der Waals surface area contributed by atoms with Gasteiger partial charge in [0, 0.05) is 0 Å². The minimum Gasteiger partial charge on any atom is -0.465 e. The quantitative estimate of drug-likeness (QED) is 0.619. The maximum atomic E-state index is 11.0. The number of carbonyl (C=O) groups excluding carboxylic acids is 1. The van der Waals surface area contributed by atoms with Crippen LogP contribution in [0.25, 0.3) is 6.08 Å². The summed E-state index contributed by atoms with van der Waals surface area (Å²) in [6.07, 6.45) is 1.44. The molecule has 0 bridgehead atoms. The number of ether oxygens (including phenoxy) is 1. The van der Waals surface area contributed by atoms with Crippen molar-refractivity contribution in [2.75, 3.05) is 7.11 Å². The minimum absolute atomic E-state index is 0.348. The van der Waals surface area contributed by atoms with Gasteiger partial charge in [0.25, 0.3) is 0 Å². The molecule has 0 N–H and O–H groups in total. The molecule has 0 aliphatic heterocycles. The van der Waals surface area contributed by atoms with E-state index in [1.54, 1.807) is 18.2 Å². The Kier molecular flexibility index (Phi) is 2.64.